The van der Waals surface area contributed by atoms with Gasteiger partial charge in [0, 0.05) is 32.5 Å². The number of thiocyanates is 1. The molecule has 0 spiro atoms. The molecule has 5 atom stereocenters. The molecule has 0 unspecified atom stereocenters. The second-order valence-corrected chi connectivity index (χ2v) is 7.63. The Kier molecular flexibility index (Phi) is 8.01. The van der Waals surface area contributed by atoms with Gasteiger partial charge in [-0.3, -0.25) is 28.7 Å². The number of thioether (sulfide) groups is 1. The zero-order valence-corrected chi connectivity index (χ0v) is 18.0. The Bertz CT molecular complexity index is 1010. The number of H-pyrrole nitrogens is 1. The van der Waals surface area contributed by atoms with Gasteiger partial charge in [-0.1, -0.05) is 0 Å². The average Bonchev–Trinajstić information content (AvgIpc) is 2.66. The molecular weight excluding hydrogens is 434 g/mol. The number of carbonyl (C=O) groups excluding carboxylic acids is 3. The summed E-state index contributed by atoms with van der Waals surface area (Å²) in [4.78, 5) is 61.1. The summed E-state index contributed by atoms with van der Waals surface area (Å²) >= 11 is 0.645. The van der Waals surface area contributed by atoms with Crippen molar-refractivity contribution < 1.29 is 33.3 Å². The van der Waals surface area contributed by atoms with E-state index in [4.69, 9.17) is 18.9 Å². The minimum Gasteiger partial charge on any atom is -0.463 e. The smallest absolute Gasteiger partial charge is 0.330 e. The summed E-state index contributed by atoms with van der Waals surface area (Å²) in [6, 6.07) is 0. The monoisotopic (exact) mass is 455 g/mol. The van der Waals surface area contributed by atoms with Crippen LogP contribution in [0.1, 0.15) is 32.6 Å². The van der Waals surface area contributed by atoms with Crippen LogP contribution in [0.2, 0.25) is 0 Å². The Hall–Kier alpha value is -3.11. The maximum atomic E-state index is 12.5. The van der Waals surface area contributed by atoms with Crippen molar-refractivity contribution in [1.29, 1.82) is 5.26 Å². The van der Waals surface area contributed by atoms with Crippen molar-refractivity contribution in [2.45, 2.75) is 57.5 Å². The van der Waals surface area contributed by atoms with E-state index in [2.05, 4.69) is 4.98 Å². The van der Waals surface area contributed by atoms with E-state index in [9.17, 15) is 29.2 Å². The average molecular weight is 455 g/mol. The van der Waals surface area contributed by atoms with Gasteiger partial charge >= 0.3 is 23.6 Å². The molecule has 0 amide bonds. The van der Waals surface area contributed by atoms with Crippen LogP contribution < -0.4 is 11.2 Å². The zero-order chi connectivity index (χ0) is 23.3. The first-order chi connectivity index (χ1) is 14.5. The van der Waals surface area contributed by atoms with E-state index in [1.807, 2.05) is 5.40 Å². The minimum atomic E-state index is -1.31. The van der Waals surface area contributed by atoms with Gasteiger partial charge in [0.2, 0.25) is 0 Å². The number of ether oxygens (including phenoxy) is 4. The van der Waals surface area contributed by atoms with Crippen LogP contribution >= 0.6 is 11.8 Å². The van der Waals surface area contributed by atoms with Crippen molar-refractivity contribution in [1.82, 2.24) is 9.55 Å². The van der Waals surface area contributed by atoms with Crippen molar-refractivity contribution in [3.63, 3.8) is 0 Å². The van der Waals surface area contributed by atoms with Gasteiger partial charge in [0.1, 0.15) is 29.5 Å². The van der Waals surface area contributed by atoms with Gasteiger partial charge in [0.25, 0.3) is 5.56 Å². The minimum absolute atomic E-state index is 0.174. The first kappa shape index (κ1) is 24.2. The van der Waals surface area contributed by atoms with Crippen molar-refractivity contribution in [3.8, 4) is 5.40 Å². The van der Waals surface area contributed by atoms with Gasteiger partial charge in [-0.25, -0.2) is 4.79 Å². The van der Waals surface area contributed by atoms with Gasteiger partial charge in [0.15, 0.2) is 12.3 Å². The molecule has 1 aromatic heterocycles. The molecule has 13 heteroatoms. The molecule has 1 N–H and O–H groups in total. The number of aromatic nitrogens is 2. The number of nitrogens with zero attached hydrogens (tertiary/aromatic N) is 2. The number of esters is 3. The van der Waals surface area contributed by atoms with Gasteiger partial charge in [-0.15, -0.1) is 0 Å². The molecule has 1 fully saturated rings. The summed E-state index contributed by atoms with van der Waals surface area (Å²) in [6.07, 6.45) is -3.62. The fraction of sp³-hybridized carbons (Fsp3) is 0.556. The van der Waals surface area contributed by atoms with Crippen LogP contribution in [0.15, 0.2) is 15.8 Å². The predicted octanol–water partition coefficient (Wildman–Crippen LogP) is -0.248. The quantitative estimate of drug-likeness (QED) is 0.341. The summed E-state index contributed by atoms with van der Waals surface area (Å²) in [5.41, 5.74) is -1.29. The second-order valence-electron chi connectivity index (χ2n) is 6.67. The highest BCUT2D eigenvalue weighted by atomic mass is 32.2. The third-order valence-electron chi connectivity index (χ3n) is 4.27. The van der Waals surface area contributed by atoms with Crippen LogP contribution in [0, 0.1) is 17.6 Å². The van der Waals surface area contributed by atoms with Crippen molar-refractivity contribution in [3.05, 3.63) is 32.6 Å². The number of aryl methyl sites for hydroxylation is 1. The molecular formula is C18H21N3O9S. The highest BCUT2D eigenvalue weighted by Crippen LogP contribution is 2.38. The number of nitriles is 1. The Morgan fingerprint density at radius 1 is 1.16 bits per heavy atom. The fourth-order valence-electron chi connectivity index (χ4n) is 3.07. The lowest BCUT2D eigenvalue weighted by Gasteiger charge is -2.44. The van der Waals surface area contributed by atoms with Crippen LogP contribution in [-0.4, -0.2) is 57.6 Å². The highest BCUT2D eigenvalue weighted by Gasteiger charge is 2.51. The fourth-order valence-corrected chi connectivity index (χ4v) is 3.88. The summed E-state index contributed by atoms with van der Waals surface area (Å²) in [6.45, 7) is 4.52. The van der Waals surface area contributed by atoms with Crippen molar-refractivity contribution >= 4 is 29.7 Å². The van der Waals surface area contributed by atoms with E-state index in [1.165, 1.54) is 20.0 Å². The first-order valence-corrected chi connectivity index (χ1v) is 9.93. The summed E-state index contributed by atoms with van der Waals surface area (Å²) in [5, 5.41) is 10.2. The van der Waals surface area contributed by atoms with E-state index in [1.54, 1.807) is 0 Å². The predicted molar refractivity (Wildman–Crippen MR) is 105 cm³/mol. The van der Waals surface area contributed by atoms with Crippen LogP contribution in [0.3, 0.4) is 0 Å². The molecule has 31 heavy (non-hydrogen) atoms. The lowest BCUT2D eigenvalue weighted by molar-refractivity contribution is -0.225. The molecule has 0 aliphatic carbocycles. The largest absolute Gasteiger partial charge is 0.463 e. The number of hydrogen-bond donors (Lipinski definition) is 1. The third-order valence-corrected chi connectivity index (χ3v) is 5.19. The van der Waals surface area contributed by atoms with Crippen molar-refractivity contribution in [2.75, 3.05) is 6.61 Å². The molecule has 1 aliphatic rings. The number of carbonyl (C=O) groups is 3. The molecule has 1 saturated heterocycles. The lowest BCUT2D eigenvalue weighted by atomic mass is 10.00. The molecule has 0 radical (unpaired) electrons. The Morgan fingerprint density at radius 2 is 1.77 bits per heavy atom. The third kappa shape index (κ3) is 5.96. The van der Waals surface area contributed by atoms with E-state index >= 15 is 0 Å². The normalized spacial score (nSPS) is 25.2. The van der Waals surface area contributed by atoms with Crippen LogP contribution in [0.4, 0.5) is 0 Å². The van der Waals surface area contributed by atoms with Crippen LogP contribution in [0.25, 0.3) is 0 Å². The van der Waals surface area contributed by atoms with Gasteiger partial charge in [-0.05, 0) is 18.7 Å². The maximum absolute atomic E-state index is 12.5. The second kappa shape index (κ2) is 10.3. The number of nitrogens with one attached hydrogen (secondary N) is 1. The Labute approximate surface area is 180 Å². The summed E-state index contributed by atoms with van der Waals surface area (Å²) in [5.74, 6) is -2.08. The lowest BCUT2D eigenvalue weighted by Crippen LogP contribution is -2.59. The standard InChI is InChI=1S/C18H21N3O9S/c1-8-5-21(18(26)20-16(8)25)17-14(29-11(4)24)15(31-7-19)13(28-10(3)23)12(30-17)6-27-9(2)22/h5,12-15,17H,6H2,1-4H3,(H,20,25,26)/t12-,13-,14+,15-,17-/m1/s1. The maximum Gasteiger partial charge on any atom is 0.330 e. The number of aromatic amines is 1. The van der Waals surface area contributed by atoms with E-state index in [-0.39, 0.29) is 12.2 Å². The molecule has 0 bridgehead atoms. The zero-order valence-electron chi connectivity index (χ0n) is 17.1. The molecule has 2 rings (SSSR count). The number of rotatable bonds is 6. The molecule has 168 valence electrons. The molecule has 2 heterocycles. The van der Waals surface area contributed by atoms with E-state index in [0.717, 1.165) is 18.4 Å². The molecule has 1 aliphatic heterocycles. The topological polar surface area (TPSA) is 167 Å². The number of hydrogen-bond acceptors (Lipinski definition) is 11. The van der Waals surface area contributed by atoms with Gasteiger partial charge in [-0.2, -0.15) is 5.26 Å². The van der Waals surface area contributed by atoms with E-state index in [0.29, 0.717) is 11.8 Å². The molecule has 0 saturated carbocycles. The highest BCUT2D eigenvalue weighted by molar-refractivity contribution is 8.04. The van der Waals surface area contributed by atoms with Crippen LogP contribution in [-0.2, 0) is 33.3 Å². The molecule has 12 nitrogen and oxygen atoms in total. The van der Waals surface area contributed by atoms with Gasteiger partial charge < -0.3 is 18.9 Å². The van der Waals surface area contributed by atoms with E-state index < -0.39 is 58.9 Å². The SMILES string of the molecule is CC(=O)OC[C@H]1O[C@@H](n2cc(C)c(=O)[nH]c2=O)[C@@H](OC(C)=O)[C@H](SC#N)[C@@H]1OC(C)=O. The molecule has 1 aromatic rings. The summed E-state index contributed by atoms with van der Waals surface area (Å²) < 4.78 is 22.5. The molecule has 0 aromatic carbocycles. The Morgan fingerprint density at radius 3 is 2.32 bits per heavy atom. The summed E-state index contributed by atoms with van der Waals surface area (Å²) in [7, 11) is 0. The van der Waals surface area contributed by atoms with Crippen LogP contribution in [0.5, 0.6) is 0 Å². The van der Waals surface area contributed by atoms with Crippen molar-refractivity contribution in [2.24, 2.45) is 0 Å². The van der Waals surface area contributed by atoms with Gasteiger partial charge in [0.05, 0.1) is 0 Å². The first-order valence-electron chi connectivity index (χ1n) is 9.05. The Balaban J connectivity index is 2.62.